The zero-order valence-corrected chi connectivity index (χ0v) is 11.4. The molecule has 0 heterocycles. The Morgan fingerprint density at radius 3 is 2.71 bits per heavy atom. The first kappa shape index (κ1) is 12.4. The van der Waals surface area contributed by atoms with Crippen LogP contribution in [-0.4, -0.2) is 18.6 Å². The molecule has 0 radical (unpaired) electrons. The van der Waals surface area contributed by atoms with Crippen LogP contribution < -0.4 is 10.1 Å². The van der Waals surface area contributed by atoms with Gasteiger partial charge >= 0.3 is 0 Å². The number of carbonyl (C=O) groups excluding carboxylic acids is 1. The highest BCUT2D eigenvalue weighted by Crippen LogP contribution is 2.32. The molecule has 1 amide bonds. The summed E-state index contributed by atoms with van der Waals surface area (Å²) < 4.78 is 6.39. The van der Waals surface area contributed by atoms with Gasteiger partial charge in [-0.05, 0) is 49.9 Å². The summed E-state index contributed by atoms with van der Waals surface area (Å²) in [5.41, 5.74) is 0. The number of ether oxygens (including phenoxy) is 1. The number of rotatable bonds is 5. The summed E-state index contributed by atoms with van der Waals surface area (Å²) in [7, 11) is 0. The van der Waals surface area contributed by atoms with Crippen LogP contribution in [0.5, 0.6) is 5.75 Å². The van der Waals surface area contributed by atoms with Gasteiger partial charge in [-0.25, -0.2) is 0 Å². The van der Waals surface area contributed by atoms with Gasteiger partial charge in [0.1, 0.15) is 5.75 Å². The van der Waals surface area contributed by atoms with Gasteiger partial charge in [0, 0.05) is 10.5 Å². The molecule has 1 aliphatic rings. The summed E-state index contributed by atoms with van der Waals surface area (Å²) in [5.74, 6) is 1.33. The molecule has 0 aliphatic heterocycles. The smallest absolute Gasteiger partial charge is 0.258 e. The summed E-state index contributed by atoms with van der Waals surface area (Å²) in [4.78, 5) is 11.6. The largest absolute Gasteiger partial charge is 0.484 e. The van der Waals surface area contributed by atoms with E-state index in [1.807, 2.05) is 24.3 Å². The summed E-state index contributed by atoms with van der Waals surface area (Å²) in [6, 6.07) is 7.72. The second kappa shape index (κ2) is 5.54. The molecule has 1 aromatic rings. The van der Waals surface area contributed by atoms with Crippen molar-refractivity contribution in [2.24, 2.45) is 5.92 Å². The number of benzene rings is 1. The minimum Gasteiger partial charge on any atom is -0.484 e. The maximum Gasteiger partial charge on any atom is 0.258 e. The van der Waals surface area contributed by atoms with E-state index in [0.29, 0.717) is 11.7 Å². The van der Waals surface area contributed by atoms with Crippen molar-refractivity contribution < 1.29 is 9.53 Å². The van der Waals surface area contributed by atoms with E-state index in [1.165, 1.54) is 12.8 Å². The molecule has 1 aromatic carbocycles. The maximum absolute atomic E-state index is 11.6. The Kier molecular flexibility index (Phi) is 4.05. The van der Waals surface area contributed by atoms with Gasteiger partial charge in [-0.1, -0.05) is 15.9 Å². The maximum atomic E-state index is 11.6. The van der Waals surface area contributed by atoms with Gasteiger partial charge in [-0.3, -0.25) is 4.79 Å². The SMILES string of the molecule is CC(NC(=O)COc1ccc(Br)cc1)C1CC1. The number of hydrogen-bond donors (Lipinski definition) is 1. The predicted octanol–water partition coefficient (Wildman–Crippen LogP) is 2.74. The number of halogens is 1. The van der Waals surface area contributed by atoms with Crippen molar-refractivity contribution in [1.29, 1.82) is 0 Å². The van der Waals surface area contributed by atoms with Gasteiger partial charge in [0.15, 0.2) is 6.61 Å². The van der Waals surface area contributed by atoms with Crippen LogP contribution in [0.2, 0.25) is 0 Å². The zero-order chi connectivity index (χ0) is 12.3. The van der Waals surface area contributed by atoms with Crippen LogP contribution in [0.25, 0.3) is 0 Å². The molecule has 3 nitrogen and oxygen atoms in total. The highest BCUT2D eigenvalue weighted by molar-refractivity contribution is 9.10. The third kappa shape index (κ3) is 4.04. The number of nitrogens with one attached hydrogen (secondary N) is 1. The molecular weight excluding hydrogens is 282 g/mol. The summed E-state index contributed by atoms with van der Waals surface area (Å²) in [6.45, 7) is 2.13. The number of amides is 1. The van der Waals surface area contributed by atoms with E-state index in [-0.39, 0.29) is 18.6 Å². The molecule has 1 saturated carbocycles. The molecule has 17 heavy (non-hydrogen) atoms. The Labute approximate surface area is 110 Å². The minimum atomic E-state index is -0.0488. The molecule has 0 aromatic heterocycles. The zero-order valence-electron chi connectivity index (χ0n) is 9.78. The van der Waals surface area contributed by atoms with Gasteiger partial charge in [0.25, 0.3) is 5.91 Å². The Morgan fingerprint density at radius 2 is 2.12 bits per heavy atom. The first-order valence-electron chi connectivity index (χ1n) is 5.83. The average Bonchev–Trinajstić information content (AvgIpc) is 3.12. The fraction of sp³-hybridized carbons (Fsp3) is 0.462. The van der Waals surface area contributed by atoms with Crippen LogP contribution in [-0.2, 0) is 4.79 Å². The molecule has 4 heteroatoms. The van der Waals surface area contributed by atoms with Gasteiger partial charge in [0.2, 0.25) is 0 Å². The summed E-state index contributed by atoms with van der Waals surface area (Å²) in [5, 5.41) is 2.95. The van der Waals surface area contributed by atoms with E-state index in [9.17, 15) is 4.79 Å². The van der Waals surface area contributed by atoms with Crippen molar-refractivity contribution >= 4 is 21.8 Å². The van der Waals surface area contributed by atoms with Crippen LogP contribution >= 0.6 is 15.9 Å². The molecule has 1 N–H and O–H groups in total. The third-order valence-corrected chi connectivity index (χ3v) is 3.43. The Hall–Kier alpha value is -1.03. The summed E-state index contributed by atoms with van der Waals surface area (Å²) >= 11 is 3.35. The van der Waals surface area contributed by atoms with Gasteiger partial charge in [-0.2, -0.15) is 0 Å². The van der Waals surface area contributed by atoms with Crippen LogP contribution in [0, 0.1) is 5.92 Å². The quantitative estimate of drug-likeness (QED) is 0.907. The lowest BCUT2D eigenvalue weighted by Gasteiger charge is -2.13. The molecule has 0 bridgehead atoms. The molecule has 2 rings (SSSR count). The predicted molar refractivity (Wildman–Crippen MR) is 70.0 cm³/mol. The van der Waals surface area contributed by atoms with Gasteiger partial charge < -0.3 is 10.1 Å². The first-order valence-corrected chi connectivity index (χ1v) is 6.62. The lowest BCUT2D eigenvalue weighted by molar-refractivity contribution is -0.123. The Morgan fingerprint density at radius 1 is 1.47 bits per heavy atom. The minimum absolute atomic E-state index is 0.0488. The van der Waals surface area contributed by atoms with Crippen molar-refractivity contribution in [3.63, 3.8) is 0 Å². The fourth-order valence-electron chi connectivity index (χ4n) is 1.69. The van der Waals surface area contributed by atoms with Crippen molar-refractivity contribution in [2.75, 3.05) is 6.61 Å². The van der Waals surface area contributed by atoms with Crippen LogP contribution in [0.1, 0.15) is 19.8 Å². The van der Waals surface area contributed by atoms with Crippen molar-refractivity contribution in [1.82, 2.24) is 5.32 Å². The van der Waals surface area contributed by atoms with Crippen molar-refractivity contribution in [3.8, 4) is 5.75 Å². The molecular formula is C13H16BrNO2. The Balaban J connectivity index is 1.73. The number of hydrogen-bond acceptors (Lipinski definition) is 2. The third-order valence-electron chi connectivity index (χ3n) is 2.90. The topological polar surface area (TPSA) is 38.3 Å². The van der Waals surface area contributed by atoms with Crippen molar-refractivity contribution in [2.45, 2.75) is 25.8 Å². The molecule has 92 valence electrons. The van der Waals surface area contributed by atoms with Crippen molar-refractivity contribution in [3.05, 3.63) is 28.7 Å². The first-order chi connectivity index (χ1) is 8.15. The fourth-order valence-corrected chi connectivity index (χ4v) is 1.95. The average molecular weight is 298 g/mol. The highest BCUT2D eigenvalue weighted by atomic mass is 79.9. The molecule has 1 aliphatic carbocycles. The molecule has 1 fully saturated rings. The standard InChI is InChI=1S/C13H16BrNO2/c1-9(10-2-3-10)15-13(16)8-17-12-6-4-11(14)5-7-12/h4-7,9-10H,2-3,8H2,1H3,(H,15,16). The van der Waals surface area contributed by atoms with Crippen LogP contribution in [0.4, 0.5) is 0 Å². The van der Waals surface area contributed by atoms with Gasteiger partial charge in [-0.15, -0.1) is 0 Å². The summed E-state index contributed by atoms with van der Waals surface area (Å²) in [6.07, 6.45) is 2.46. The lowest BCUT2D eigenvalue weighted by atomic mass is 10.2. The second-order valence-corrected chi connectivity index (χ2v) is 5.35. The van der Waals surface area contributed by atoms with Crippen LogP contribution in [0.15, 0.2) is 28.7 Å². The van der Waals surface area contributed by atoms with E-state index >= 15 is 0 Å². The number of carbonyl (C=O) groups is 1. The van der Waals surface area contributed by atoms with E-state index in [0.717, 1.165) is 4.47 Å². The molecule has 0 saturated heterocycles. The van der Waals surface area contributed by atoms with E-state index in [2.05, 4.69) is 28.2 Å². The Bertz CT molecular complexity index is 387. The normalized spacial score (nSPS) is 16.4. The van der Waals surface area contributed by atoms with E-state index in [4.69, 9.17) is 4.74 Å². The van der Waals surface area contributed by atoms with Crippen LogP contribution in [0.3, 0.4) is 0 Å². The second-order valence-electron chi connectivity index (χ2n) is 4.44. The highest BCUT2D eigenvalue weighted by Gasteiger charge is 2.28. The van der Waals surface area contributed by atoms with Gasteiger partial charge in [0.05, 0.1) is 0 Å². The molecule has 0 spiro atoms. The van der Waals surface area contributed by atoms with E-state index in [1.54, 1.807) is 0 Å². The lowest BCUT2D eigenvalue weighted by Crippen LogP contribution is -2.37. The monoisotopic (exact) mass is 297 g/mol. The van der Waals surface area contributed by atoms with E-state index < -0.39 is 0 Å². The molecule has 1 unspecified atom stereocenters. The molecule has 1 atom stereocenters.